The van der Waals surface area contributed by atoms with E-state index in [4.69, 9.17) is 0 Å². The average molecular weight is 323 g/mol. The highest BCUT2D eigenvalue weighted by Crippen LogP contribution is 2.33. The molecule has 0 unspecified atom stereocenters. The SMILES string of the molecule is C1=CC(Nc2ccccc2-c2ccccc2)=C(c2ccccc2)CC1. The van der Waals surface area contributed by atoms with Gasteiger partial charge in [0, 0.05) is 16.9 Å². The van der Waals surface area contributed by atoms with Crippen molar-refractivity contribution < 1.29 is 0 Å². The third-order valence-electron chi connectivity index (χ3n) is 4.57. The van der Waals surface area contributed by atoms with Crippen molar-refractivity contribution in [1.29, 1.82) is 0 Å². The maximum Gasteiger partial charge on any atom is 0.0463 e. The van der Waals surface area contributed by atoms with Crippen molar-refractivity contribution in [3.05, 3.63) is 108 Å². The van der Waals surface area contributed by atoms with Crippen LogP contribution in [0.25, 0.3) is 16.7 Å². The molecule has 122 valence electrons. The van der Waals surface area contributed by atoms with Crippen LogP contribution in [-0.2, 0) is 0 Å². The molecule has 0 bridgehead atoms. The summed E-state index contributed by atoms with van der Waals surface area (Å²) >= 11 is 0. The predicted octanol–water partition coefficient (Wildman–Crippen LogP) is 6.53. The van der Waals surface area contributed by atoms with Crippen molar-refractivity contribution in [2.45, 2.75) is 12.8 Å². The van der Waals surface area contributed by atoms with Crippen LogP contribution in [-0.4, -0.2) is 0 Å². The number of hydrogen-bond donors (Lipinski definition) is 1. The average Bonchev–Trinajstić information content (AvgIpc) is 2.70. The van der Waals surface area contributed by atoms with Crippen molar-refractivity contribution in [2.75, 3.05) is 5.32 Å². The summed E-state index contributed by atoms with van der Waals surface area (Å²) in [5.74, 6) is 0. The van der Waals surface area contributed by atoms with Gasteiger partial charge < -0.3 is 5.32 Å². The van der Waals surface area contributed by atoms with Gasteiger partial charge >= 0.3 is 0 Å². The molecule has 0 atom stereocenters. The lowest BCUT2D eigenvalue weighted by molar-refractivity contribution is 1.04. The molecule has 1 N–H and O–H groups in total. The Balaban J connectivity index is 1.75. The van der Waals surface area contributed by atoms with Gasteiger partial charge in [0.2, 0.25) is 0 Å². The van der Waals surface area contributed by atoms with Crippen molar-refractivity contribution in [1.82, 2.24) is 0 Å². The first-order valence-electron chi connectivity index (χ1n) is 8.78. The summed E-state index contributed by atoms with van der Waals surface area (Å²) < 4.78 is 0. The van der Waals surface area contributed by atoms with E-state index in [1.165, 1.54) is 28.0 Å². The fraction of sp³-hybridized carbons (Fsp3) is 0.0833. The Kier molecular flexibility index (Phi) is 4.47. The molecule has 0 fully saturated rings. The quantitative estimate of drug-likeness (QED) is 0.576. The largest absolute Gasteiger partial charge is 0.355 e. The Morgan fingerprint density at radius 2 is 1.28 bits per heavy atom. The fourth-order valence-corrected chi connectivity index (χ4v) is 3.33. The van der Waals surface area contributed by atoms with E-state index in [0.29, 0.717) is 0 Å². The molecule has 0 spiro atoms. The topological polar surface area (TPSA) is 12.0 Å². The van der Waals surface area contributed by atoms with E-state index >= 15 is 0 Å². The number of allylic oxidation sites excluding steroid dienone is 3. The number of anilines is 1. The van der Waals surface area contributed by atoms with Crippen molar-refractivity contribution in [2.24, 2.45) is 0 Å². The molecule has 0 amide bonds. The van der Waals surface area contributed by atoms with Crippen LogP contribution in [0.4, 0.5) is 5.69 Å². The first-order chi connectivity index (χ1) is 12.4. The molecule has 0 radical (unpaired) electrons. The molecule has 3 aromatic carbocycles. The van der Waals surface area contributed by atoms with E-state index < -0.39 is 0 Å². The minimum Gasteiger partial charge on any atom is -0.355 e. The number of para-hydroxylation sites is 1. The third-order valence-corrected chi connectivity index (χ3v) is 4.57. The van der Waals surface area contributed by atoms with Gasteiger partial charge in [0.1, 0.15) is 0 Å². The summed E-state index contributed by atoms with van der Waals surface area (Å²) in [7, 11) is 0. The van der Waals surface area contributed by atoms with Crippen LogP contribution in [0.3, 0.4) is 0 Å². The fourth-order valence-electron chi connectivity index (χ4n) is 3.33. The van der Waals surface area contributed by atoms with Crippen molar-refractivity contribution in [3.63, 3.8) is 0 Å². The minimum absolute atomic E-state index is 1.07. The van der Waals surface area contributed by atoms with E-state index in [0.717, 1.165) is 18.5 Å². The lowest BCUT2D eigenvalue weighted by Gasteiger charge is -2.20. The Bertz CT molecular complexity index is 905. The standard InChI is InChI=1S/C24H21N/c1-3-11-19(12-4-1)21-15-7-9-17-23(21)25-24-18-10-8-16-22(24)20-13-5-2-6-14-20/h1-7,9-15,17-18,25H,8,16H2. The van der Waals surface area contributed by atoms with Gasteiger partial charge in [-0.2, -0.15) is 0 Å². The Labute approximate surface area is 149 Å². The van der Waals surface area contributed by atoms with Gasteiger partial charge in [-0.15, -0.1) is 0 Å². The van der Waals surface area contributed by atoms with Crippen LogP contribution >= 0.6 is 0 Å². The van der Waals surface area contributed by atoms with Crippen LogP contribution in [0.2, 0.25) is 0 Å². The predicted molar refractivity (Wildman–Crippen MR) is 107 cm³/mol. The summed E-state index contributed by atoms with van der Waals surface area (Å²) in [4.78, 5) is 0. The van der Waals surface area contributed by atoms with Gasteiger partial charge in [-0.3, -0.25) is 0 Å². The van der Waals surface area contributed by atoms with E-state index in [1.54, 1.807) is 0 Å². The van der Waals surface area contributed by atoms with E-state index in [2.05, 4.69) is 102 Å². The molecule has 0 aromatic heterocycles. The second kappa shape index (κ2) is 7.23. The van der Waals surface area contributed by atoms with Crippen LogP contribution < -0.4 is 5.32 Å². The Morgan fingerprint density at radius 1 is 0.640 bits per heavy atom. The molecule has 0 saturated carbocycles. The third kappa shape index (κ3) is 3.41. The number of hydrogen-bond acceptors (Lipinski definition) is 1. The normalized spacial score (nSPS) is 13.8. The second-order valence-corrected chi connectivity index (χ2v) is 6.24. The highest BCUT2D eigenvalue weighted by atomic mass is 14.9. The lowest BCUT2D eigenvalue weighted by Crippen LogP contribution is -2.05. The van der Waals surface area contributed by atoms with Crippen molar-refractivity contribution in [3.8, 4) is 11.1 Å². The zero-order valence-corrected chi connectivity index (χ0v) is 14.2. The molecule has 0 heterocycles. The molecular weight excluding hydrogens is 302 g/mol. The summed E-state index contributed by atoms with van der Waals surface area (Å²) in [6.07, 6.45) is 6.62. The van der Waals surface area contributed by atoms with Gasteiger partial charge in [-0.05, 0) is 41.7 Å². The van der Waals surface area contributed by atoms with Gasteiger partial charge in [0.05, 0.1) is 0 Å². The zero-order valence-electron chi connectivity index (χ0n) is 14.2. The highest BCUT2D eigenvalue weighted by Gasteiger charge is 2.12. The second-order valence-electron chi connectivity index (χ2n) is 6.24. The Hall–Kier alpha value is -3.06. The van der Waals surface area contributed by atoms with Gasteiger partial charge in [-0.25, -0.2) is 0 Å². The monoisotopic (exact) mass is 323 g/mol. The first-order valence-corrected chi connectivity index (χ1v) is 8.78. The molecule has 0 saturated heterocycles. The zero-order chi connectivity index (χ0) is 16.9. The van der Waals surface area contributed by atoms with Gasteiger partial charge in [-0.1, -0.05) is 84.9 Å². The number of benzene rings is 3. The maximum absolute atomic E-state index is 3.69. The molecule has 0 aliphatic heterocycles. The van der Waals surface area contributed by atoms with Gasteiger partial charge in [0.25, 0.3) is 0 Å². The van der Waals surface area contributed by atoms with E-state index in [1.807, 2.05) is 0 Å². The van der Waals surface area contributed by atoms with Crippen LogP contribution in [0, 0.1) is 0 Å². The van der Waals surface area contributed by atoms with Crippen LogP contribution in [0.15, 0.2) is 103 Å². The number of nitrogens with one attached hydrogen (secondary N) is 1. The molecule has 1 aliphatic carbocycles. The molecule has 3 aromatic rings. The van der Waals surface area contributed by atoms with Crippen LogP contribution in [0.1, 0.15) is 18.4 Å². The van der Waals surface area contributed by atoms with E-state index in [-0.39, 0.29) is 0 Å². The highest BCUT2D eigenvalue weighted by molar-refractivity contribution is 5.82. The number of rotatable bonds is 4. The molecule has 1 heteroatoms. The molecule has 1 aliphatic rings. The van der Waals surface area contributed by atoms with Crippen LogP contribution in [0.5, 0.6) is 0 Å². The molecule has 4 rings (SSSR count). The lowest BCUT2D eigenvalue weighted by atomic mass is 9.94. The maximum atomic E-state index is 3.69. The smallest absolute Gasteiger partial charge is 0.0463 e. The van der Waals surface area contributed by atoms with Crippen molar-refractivity contribution >= 4 is 11.3 Å². The summed E-state index contributed by atoms with van der Waals surface area (Å²) in [5.41, 5.74) is 7.47. The summed E-state index contributed by atoms with van der Waals surface area (Å²) in [6, 6.07) is 29.7. The molecule has 25 heavy (non-hydrogen) atoms. The van der Waals surface area contributed by atoms with Gasteiger partial charge in [0.15, 0.2) is 0 Å². The minimum atomic E-state index is 1.07. The van der Waals surface area contributed by atoms with E-state index in [9.17, 15) is 0 Å². The Morgan fingerprint density at radius 3 is 2.04 bits per heavy atom. The molecule has 1 nitrogen and oxygen atoms in total. The molecular formula is C24H21N. The summed E-state index contributed by atoms with van der Waals surface area (Å²) in [6.45, 7) is 0. The first kappa shape index (κ1) is 15.5. The summed E-state index contributed by atoms with van der Waals surface area (Å²) in [5, 5.41) is 3.69.